The Hall–Kier alpha value is -3.12. The molecule has 3 amide bonds. The van der Waals surface area contributed by atoms with Crippen LogP contribution < -0.4 is 5.32 Å². The van der Waals surface area contributed by atoms with Crippen molar-refractivity contribution >= 4 is 40.6 Å². The molecule has 1 heterocycles. The summed E-state index contributed by atoms with van der Waals surface area (Å²) in [5, 5.41) is 2.31. The number of anilines is 1. The first-order valence-electron chi connectivity index (χ1n) is 8.78. The van der Waals surface area contributed by atoms with Crippen molar-refractivity contribution in [2.45, 2.75) is 13.8 Å². The molecule has 142 valence electrons. The predicted molar refractivity (Wildman–Crippen MR) is 113 cm³/mol. The van der Waals surface area contributed by atoms with Crippen LogP contribution in [0.2, 0.25) is 0 Å². The number of allylic oxidation sites excluding steroid dienone is 2. The number of amides is 3. The van der Waals surface area contributed by atoms with E-state index in [0.717, 1.165) is 33.4 Å². The molecule has 0 spiro atoms. The van der Waals surface area contributed by atoms with Gasteiger partial charge in [-0.2, -0.15) is 0 Å². The molecule has 0 radical (unpaired) electrons. The summed E-state index contributed by atoms with van der Waals surface area (Å²) in [6, 6.07) is 15.3. The fraction of sp³-hybridized carbons (Fsp3) is 0.136. The molecule has 0 bridgehead atoms. The van der Waals surface area contributed by atoms with Crippen LogP contribution in [-0.4, -0.2) is 28.5 Å². The molecule has 1 aliphatic heterocycles. The molecular formula is C22H20N2O3S. The number of rotatable bonds is 5. The van der Waals surface area contributed by atoms with Gasteiger partial charge >= 0.3 is 0 Å². The van der Waals surface area contributed by atoms with E-state index in [0.29, 0.717) is 10.6 Å². The van der Waals surface area contributed by atoms with Gasteiger partial charge in [-0.15, -0.1) is 0 Å². The molecule has 0 saturated carbocycles. The minimum absolute atomic E-state index is 0.302. The highest BCUT2D eigenvalue weighted by atomic mass is 32.2. The standard InChI is InChI=1S/C22H20N2O3S/c1-15-11-12-18(16(2)13-15)23-20(25)14-24-21(26)19(28-22(24)27)10-6-9-17-7-4-3-5-8-17/h3-13H,14H2,1-2H3,(H,23,25)/b9-6+,19-10+. The maximum absolute atomic E-state index is 12.5. The highest BCUT2D eigenvalue weighted by molar-refractivity contribution is 8.18. The Morgan fingerprint density at radius 3 is 2.57 bits per heavy atom. The van der Waals surface area contributed by atoms with Crippen molar-refractivity contribution < 1.29 is 14.4 Å². The maximum Gasteiger partial charge on any atom is 0.294 e. The lowest BCUT2D eigenvalue weighted by Gasteiger charge is -2.13. The number of imide groups is 1. The second kappa shape index (κ2) is 8.71. The minimum atomic E-state index is -0.455. The second-order valence-corrected chi connectivity index (χ2v) is 7.42. The van der Waals surface area contributed by atoms with Gasteiger partial charge in [0.25, 0.3) is 11.1 Å². The van der Waals surface area contributed by atoms with Gasteiger partial charge in [-0.05, 0) is 48.9 Å². The highest BCUT2D eigenvalue weighted by Gasteiger charge is 2.35. The summed E-state index contributed by atoms with van der Waals surface area (Å²) in [4.78, 5) is 38.2. The van der Waals surface area contributed by atoms with Gasteiger partial charge in [0.1, 0.15) is 6.54 Å². The van der Waals surface area contributed by atoms with Gasteiger partial charge in [-0.25, -0.2) is 0 Å². The number of hydrogen-bond donors (Lipinski definition) is 1. The van der Waals surface area contributed by atoms with Crippen LogP contribution in [-0.2, 0) is 9.59 Å². The Bertz CT molecular complexity index is 981. The molecule has 2 aromatic carbocycles. The molecule has 3 rings (SSSR count). The Morgan fingerprint density at radius 2 is 1.86 bits per heavy atom. The zero-order valence-electron chi connectivity index (χ0n) is 15.6. The van der Waals surface area contributed by atoms with Crippen LogP contribution >= 0.6 is 11.8 Å². The quantitative estimate of drug-likeness (QED) is 0.759. The van der Waals surface area contributed by atoms with Crippen molar-refractivity contribution in [3.05, 3.63) is 82.3 Å². The molecule has 1 saturated heterocycles. The number of nitrogens with one attached hydrogen (secondary N) is 1. The fourth-order valence-corrected chi connectivity index (χ4v) is 3.54. The van der Waals surface area contributed by atoms with Gasteiger partial charge in [0, 0.05) is 5.69 Å². The first kappa shape index (κ1) is 19.6. The molecule has 0 atom stereocenters. The van der Waals surface area contributed by atoms with Crippen LogP contribution in [0.1, 0.15) is 16.7 Å². The van der Waals surface area contributed by atoms with Crippen LogP contribution in [0.3, 0.4) is 0 Å². The van der Waals surface area contributed by atoms with Crippen molar-refractivity contribution in [1.82, 2.24) is 4.90 Å². The van der Waals surface area contributed by atoms with E-state index in [-0.39, 0.29) is 6.54 Å². The molecule has 0 aromatic heterocycles. The largest absolute Gasteiger partial charge is 0.324 e. The van der Waals surface area contributed by atoms with E-state index in [1.165, 1.54) is 0 Å². The number of thioether (sulfide) groups is 1. The van der Waals surface area contributed by atoms with E-state index >= 15 is 0 Å². The van der Waals surface area contributed by atoms with Gasteiger partial charge in [0.15, 0.2) is 0 Å². The lowest BCUT2D eigenvalue weighted by atomic mass is 10.1. The number of carbonyl (C=O) groups is 3. The van der Waals surface area contributed by atoms with Gasteiger partial charge in [0.05, 0.1) is 4.91 Å². The third-order valence-electron chi connectivity index (χ3n) is 4.17. The number of nitrogens with zero attached hydrogens (tertiary/aromatic N) is 1. The molecular weight excluding hydrogens is 372 g/mol. The summed E-state index contributed by atoms with van der Waals surface area (Å²) in [5.74, 6) is -0.862. The van der Waals surface area contributed by atoms with Crippen LogP contribution in [0.25, 0.3) is 6.08 Å². The van der Waals surface area contributed by atoms with E-state index in [2.05, 4.69) is 5.32 Å². The highest BCUT2D eigenvalue weighted by Crippen LogP contribution is 2.30. The van der Waals surface area contributed by atoms with Crippen molar-refractivity contribution in [1.29, 1.82) is 0 Å². The summed E-state index contributed by atoms with van der Waals surface area (Å²) in [6.45, 7) is 3.56. The Morgan fingerprint density at radius 1 is 1.11 bits per heavy atom. The van der Waals surface area contributed by atoms with Crippen LogP contribution in [0.15, 0.2) is 65.6 Å². The van der Waals surface area contributed by atoms with Crippen molar-refractivity contribution in [3.63, 3.8) is 0 Å². The zero-order valence-corrected chi connectivity index (χ0v) is 16.5. The lowest BCUT2D eigenvalue weighted by Crippen LogP contribution is -2.36. The molecule has 0 aliphatic carbocycles. The first-order valence-corrected chi connectivity index (χ1v) is 9.60. The Kier molecular flexibility index (Phi) is 6.11. The average molecular weight is 392 g/mol. The minimum Gasteiger partial charge on any atom is -0.324 e. The zero-order chi connectivity index (χ0) is 20.1. The summed E-state index contributed by atoms with van der Waals surface area (Å²) < 4.78 is 0. The van der Waals surface area contributed by atoms with Crippen LogP contribution in [0, 0.1) is 13.8 Å². The van der Waals surface area contributed by atoms with E-state index in [9.17, 15) is 14.4 Å². The van der Waals surface area contributed by atoms with Crippen LogP contribution in [0.5, 0.6) is 0 Å². The monoisotopic (exact) mass is 392 g/mol. The molecule has 2 aromatic rings. The molecule has 1 aliphatic rings. The molecule has 1 fully saturated rings. The summed E-state index contributed by atoms with van der Waals surface area (Å²) in [6.07, 6.45) is 5.17. The molecule has 1 N–H and O–H groups in total. The third kappa shape index (κ3) is 4.78. The van der Waals surface area contributed by atoms with Gasteiger partial charge < -0.3 is 5.32 Å². The maximum atomic E-state index is 12.5. The average Bonchev–Trinajstić information content (AvgIpc) is 2.92. The fourth-order valence-electron chi connectivity index (χ4n) is 2.75. The summed E-state index contributed by atoms with van der Waals surface area (Å²) in [5.41, 5.74) is 3.68. The first-order chi connectivity index (χ1) is 13.4. The SMILES string of the molecule is Cc1ccc(NC(=O)CN2C(=O)S/C(=C/C=C/c3ccccc3)C2=O)c(C)c1. The second-order valence-electron chi connectivity index (χ2n) is 6.43. The number of hydrogen-bond acceptors (Lipinski definition) is 4. The van der Waals surface area contributed by atoms with Crippen LogP contribution in [0.4, 0.5) is 10.5 Å². The van der Waals surface area contributed by atoms with Gasteiger partial charge in [0.2, 0.25) is 5.91 Å². The molecule has 28 heavy (non-hydrogen) atoms. The van der Waals surface area contributed by atoms with Crippen molar-refractivity contribution in [2.75, 3.05) is 11.9 Å². The van der Waals surface area contributed by atoms with E-state index in [1.807, 2.05) is 68.5 Å². The number of benzene rings is 2. The molecule has 6 heteroatoms. The summed E-state index contributed by atoms with van der Waals surface area (Å²) >= 11 is 0.838. The number of carbonyl (C=O) groups excluding carboxylic acids is 3. The predicted octanol–water partition coefficient (Wildman–Crippen LogP) is 4.53. The number of aryl methyl sites for hydroxylation is 2. The van der Waals surface area contributed by atoms with E-state index in [1.54, 1.807) is 12.2 Å². The topological polar surface area (TPSA) is 66.5 Å². The third-order valence-corrected chi connectivity index (χ3v) is 5.09. The van der Waals surface area contributed by atoms with Gasteiger partial charge in [-0.3, -0.25) is 19.3 Å². The van der Waals surface area contributed by atoms with E-state index in [4.69, 9.17) is 0 Å². The van der Waals surface area contributed by atoms with Gasteiger partial charge in [-0.1, -0.05) is 60.2 Å². The normalized spacial score (nSPS) is 15.6. The molecule has 5 nitrogen and oxygen atoms in total. The molecule has 0 unspecified atom stereocenters. The Labute approximate surface area is 168 Å². The van der Waals surface area contributed by atoms with E-state index < -0.39 is 17.1 Å². The smallest absolute Gasteiger partial charge is 0.294 e. The van der Waals surface area contributed by atoms with Crippen molar-refractivity contribution in [2.24, 2.45) is 0 Å². The Balaban J connectivity index is 1.64. The lowest BCUT2D eigenvalue weighted by molar-refractivity contribution is -0.127. The summed E-state index contributed by atoms with van der Waals surface area (Å²) in [7, 11) is 0. The van der Waals surface area contributed by atoms with Crippen molar-refractivity contribution in [3.8, 4) is 0 Å².